The van der Waals surface area contributed by atoms with E-state index in [4.69, 9.17) is 26.8 Å². The van der Waals surface area contributed by atoms with E-state index in [2.05, 4.69) is 0 Å². The molecule has 1 heterocycles. The van der Waals surface area contributed by atoms with Gasteiger partial charge in [0.2, 0.25) is 0 Å². The van der Waals surface area contributed by atoms with Gasteiger partial charge in [0, 0.05) is 19.7 Å². The van der Waals surface area contributed by atoms with Gasteiger partial charge in [-0.1, -0.05) is 11.6 Å². The molecule has 0 saturated heterocycles. The quantitative estimate of drug-likeness (QED) is 0.626. The van der Waals surface area contributed by atoms with E-state index in [9.17, 15) is 9.59 Å². The molecular weight excluding hydrogens is 352 g/mol. The van der Waals surface area contributed by atoms with Gasteiger partial charge in [-0.3, -0.25) is 4.79 Å². The normalized spacial score (nSPS) is 10.3. The van der Waals surface area contributed by atoms with Crippen molar-refractivity contribution in [1.82, 2.24) is 4.90 Å². The van der Waals surface area contributed by atoms with E-state index in [0.717, 1.165) is 5.56 Å². The van der Waals surface area contributed by atoms with E-state index < -0.39 is 5.97 Å². The average Bonchev–Trinajstić information content (AvgIpc) is 3.07. The fourth-order valence-corrected chi connectivity index (χ4v) is 2.78. The molecule has 2 N–H and O–H groups in total. The van der Waals surface area contributed by atoms with Crippen LogP contribution in [-0.4, -0.2) is 37.5 Å². The number of nitrogens with two attached hydrogens (primary N) is 1. The minimum Gasteiger partial charge on any atom is -0.496 e. The first-order valence-corrected chi connectivity index (χ1v) is 8.29. The first kappa shape index (κ1) is 18.1. The number of carbonyl (C=O) groups excluding carboxylic acids is 2. The van der Waals surface area contributed by atoms with Gasteiger partial charge in [-0.05, 0) is 28.5 Å². The smallest absolute Gasteiger partial charge is 0.342 e. The standard InChI is InChI=1S/C16H17ClN2O4S/c1-19(7-10-3-4-24-9-10)15(20)8-23-16(21)11-5-12(17)13(18)6-14(11)22-2/h3-6,9H,7-8,18H2,1-2H3. The third kappa shape index (κ3) is 4.39. The van der Waals surface area contributed by atoms with Crippen LogP contribution in [0.2, 0.25) is 5.02 Å². The number of thiophene rings is 1. The minimum absolute atomic E-state index is 0.116. The molecule has 6 nitrogen and oxygen atoms in total. The van der Waals surface area contributed by atoms with Gasteiger partial charge in [-0.15, -0.1) is 0 Å². The molecule has 0 aliphatic rings. The zero-order chi connectivity index (χ0) is 17.7. The number of likely N-dealkylation sites (N-methyl/N-ethyl adjacent to an activating group) is 1. The number of carbonyl (C=O) groups is 2. The SMILES string of the molecule is COc1cc(N)c(Cl)cc1C(=O)OCC(=O)N(C)Cc1ccsc1. The molecule has 2 aromatic rings. The highest BCUT2D eigenvalue weighted by Crippen LogP contribution is 2.29. The second-order valence-corrected chi connectivity index (χ2v) is 6.22. The molecule has 0 atom stereocenters. The number of methoxy groups -OCH3 is 1. The first-order valence-electron chi connectivity index (χ1n) is 6.97. The number of rotatable bonds is 6. The predicted molar refractivity (Wildman–Crippen MR) is 93.5 cm³/mol. The van der Waals surface area contributed by atoms with Crippen molar-refractivity contribution >= 4 is 40.5 Å². The van der Waals surface area contributed by atoms with E-state index in [-0.39, 0.29) is 34.5 Å². The third-order valence-corrected chi connectivity index (χ3v) is 4.35. The van der Waals surface area contributed by atoms with Crippen LogP contribution in [0.15, 0.2) is 29.0 Å². The number of nitrogens with zero attached hydrogens (tertiary/aromatic N) is 1. The van der Waals surface area contributed by atoms with E-state index in [1.165, 1.54) is 24.1 Å². The van der Waals surface area contributed by atoms with Crippen molar-refractivity contribution in [2.45, 2.75) is 6.54 Å². The number of amides is 1. The Morgan fingerprint density at radius 3 is 2.75 bits per heavy atom. The second kappa shape index (κ2) is 8.03. The monoisotopic (exact) mass is 368 g/mol. The summed E-state index contributed by atoms with van der Waals surface area (Å²) in [5.41, 5.74) is 7.09. The van der Waals surface area contributed by atoms with E-state index >= 15 is 0 Å². The molecule has 0 bridgehead atoms. The number of benzene rings is 1. The van der Waals surface area contributed by atoms with Gasteiger partial charge < -0.3 is 20.1 Å². The molecule has 0 saturated carbocycles. The molecule has 0 radical (unpaired) electrons. The molecule has 24 heavy (non-hydrogen) atoms. The number of nitrogen functional groups attached to an aromatic ring is 1. The second-order valence-electron chi connectivity index (χ2n) is 5.03. The van der Waals surface area contributed by atoms with E-state index in [0.29, 0.717) is 6.54 Å². The highest BCUT2D eigenvalue weighted by molar-refractivity contribution is 7.07. The zero-order valence-corrected chi connectivity index (χ0v) is 14.8. The Morgan fingerprint density at radius 1 is 1.38 bits per heavy atom. The highest BCUT2D eigenvalue weighted by Gasteiger charge is 2.19. The van der Waals surface area contributed by atoms with Crippen molar-refractivity contribution in [3.8, 4) is 5.75 Å². The van der Waals surface area contributed by atoms with Crippen molar-refractivity contribution in [2.24, 2.45) is 0 Å². The summed E-state index contributed by atoms with van der Waals surface area (Å²) < 4.78 is 10.2. The van der Waals surface area contributed by atoms with Gasteiger partial charge in [0.25, 0.3) is 5.91 Å². The van der Waals surface area contributed by atoms with Gasteiger partial charge in [0.15, 0.2) is 6.61 Å². The van der Waals surface area contributed by atoms with Gasteiger partial charge in [-0.25, -0.2) is 4.79 Å². The molecular formula is C16H17ClN2O4S. The van der Waals surface area contributed by atoms with Crippen LogP contribution in [0.5, 0.6) is 5.75 Å². The van der Waals surface area contributed by atoms with Crippen LogP contribution in [0.1, 0.15) is 15.9 Å². The molecule has 0 unspecified atom stereocenters. The Labute approximate surface area is 148 Å². The molecule has 2 rings (SSSR count). The topological polar surface area (TPSA) is 81.9 Å². The van der Waals surface area contributed by atoms with Crippen LogP contribution >= 0.6 is 22.9 Å². The number of esters is 1. The van der Waals surface area contributed by atoms with E-state index in [1.54, 1.807) is 18.4 Å². The Bertz CT molecular complexity index is 734. The number of hydrogen-bond donors (Lipinski definition) is 1. The zero-order valence-electron chi connectivity index (χ0n) is 13.2. The fraction of sp³-hybridized carbons (Fsp3) is 0.250. The van der Waals surface area contributed by atoms with Crippen LogP contribution in [0, 0.1) is 0 Å². The molecule has 8 heteroatoms. The minimum atomic E-state index is -0.703. The first-order chi connectivity index (χ1) is 11.4. The molecule has 1 aromatic heterocycles. The molecule has 0 aliphatic carbocycles. The van der Waals surface area contributed by atoms with Crippen molar-refractivity contribution in [2.75, 3.05) is 26.5 Å². The molecule has 0 aliphatic heterocycles. The maximum absolute atomic E-state index is 12.2. The van der Waals surface area contributed by atoms with Crippen LogP contribution in [-0.2, 0) is 16.1 Å². The molecule has 1 amide bonds. The lowest BCUT2D eigenvalue weighted by atomic mass is 10.2. The van der Waals surface area contributed by atoms with Crippen LogP contribution in [0.3, 0.4) is 0 Å². The van der Waals surface area contributed by atoms with Gasteiger partial charge in [0.05, 0.1) is 17.8 Å². The Hall–Kier alpha value is -2.25. The fourth-order valence-electron chi connectivity index (χ4n) is 1.96. The van der Waals surface area contributed by atoms with Crippen LogP contribution < -0.4 is 10.5 Å². The lowest BCUT2D eigenvalue weighted by Gasteiger charge is -2.17. The molecule has 128 valence electrons. The number of hydrogen-bond acceptors (Lipinski definition) is 6. The highest BCUT2D eigenvalue weighted by atomic mass is 35.5. The molecule has 0 fully saturated rings. The van der Waals surface area contributed by atoms with Crippen molar-refractivity contribution < 1.29 is 19.1 Å². The van der Waals surface area contributed by atoms with Gasteiger partial charge >= 0.3 is 5.97 Å². The van der Waals surface area contributed by atoms with Crippen molar-refractivity contribution in [1.29, 1.82) is 0 Å². The van der Waals surface area contributed by atoms with Gasteiger partial charge in [0.1, 0.15) is 11.3 Å². The predicted octanol–water partition coefficient (Wildman–Crippen LogP) is 2.81. The third-order valence-electron chi connectivity index (χ3n) is 3.29. The molecule has 1 aromatic carbocycles. The summed E-state index contributed by atoms with van der Waals surface area (Å²) in [7, 11) is 3.05. The number of anilines is 1. The Balaban J connectivity index is 1.97. The lowest BCUT2D eigenvalue weighted by Crippen LogP contribution is -2.30. The summed E-state index contributed by atoms with van der Waals surface area (Å²) in [4.78, 5) is 25.7. The average molecular weight is 369 g/mol. The number of ether oxygens (including phenoxy) is 2. The van der Waals surface area contributed by atoms with Gasteiger partial charge in [-0.2, -0.15) is 11.3 Å². The van der Waals surface area contributed by atoms with Crippen LogP contribution in [0.25, 0.3) is 0 Å². The lowest BCUT2D eigenvalue weighted by molar-refractivity contribution is -0.133. The summed E-state index contributed by atoms with van der Waals surface area (Å²) in [6.07, 6.45) is 0. The van der Waals surface area contributed by atoms with Crippen molar-refractivity contribution in [3.05, 3.63) is 45.1 Å². The summed E-state index contributed by atoms with van der Waals surface area (Å²) in [6, 6.07) is 4.72. The van der Waals surface area contributed by atoms with Crippen molar-refractivity contribution in [3.63, 3.8) is 0 Å². The van der Waals surface area contributed by atoms with Crippen LogP contribution in [0.4, 0.5) is 5.69 Å². The Kier molecular flexibility index (Phi) is 6.05. The number of halogens is 1. The summed E-state index contributed by atoms with van der Waals surface area (Å²) in [5, 5.41) is 4.10. The van der Waals surface area contributed by atoms with E-state index in [1.807, 2.05) is 16.8 Å². The maximum atomic E-state index is 12.2. The molecule has 0 spiro atoms. The largest absolute Gasteiger partial charge is 0.496 e. The maximum Gasteiger partial charge on any atom is 0.342 e. The summed E-state index contributed by atoms with van der Waals surface area (Å²) in [5.74, 6) is -0.776. The Morgan fingerprint density at radius 2 is 2.12 bits per heavy atom. The summed E-state index contributed by atoms with van der Waals surface area (Å²) >= 11 is 7.47. The summed E-state index contributed by atoms with van der Waals surface area (Å²) in [6.45, 7) is 0.0848.